The Labute approximate surface area is 168 Å². The third-order valence-electron chi connectivity index (χ3n) is 4.52. The van der Waals surface area contributed by atoms with Crippen molar-refractivity contribution in [2.45, 2.75) is 38.0 Å². The van der Waals surface area contributed by atoms with Gasteiger partial charge in [-0.05, 0) is 43.0 Å². The fraction of sp³-hybridized carbons (Fsp3) is 0.300. The predicted molar refractivity (Wildman–Crippen MR) is 113 cm³/mol. The molecule has 0 radical (unpaired) electrons. The summed E-state index contributed by atoms with van der Waals surface area (Å²) in [5, 5.41) is 10.2. The summed E-state index contributed by atoms with van der Waals surface area (Å²) in [6.45, 7) is 2.57. The van der Waals surface area contributed by atoms with Crippen LogP contribution in [0.15, 0.2) is 47.5 Å². The van der Waals surface area contributed by atoms with Crippen LogP contribution in [0.1, 0.15) is 31.7 Å². The van der Waals surface area contributed by atoms with Crippen molar-refractivity contribution in [3.63, 3.8) is 0 Å². The molecule has 3 rings (SSSR count). The van der Waals surface area contributed by atoms with Gasteiger partial charge in [0.25, 0.3) is 5.56 Å². The Kier molecular flexibility index (Phi) is 6.17. The standard InChI is InChI=1S/C20H23FN4O3S/c1-2-9-25-13-16(4-8-20(25)26)23-12-15(11-22)14-3-7-19(18(21)10-14)24-29(27,28)17-5-6-17/h3-4,7-8,10-13,17,22-24H,2,5-6,9H2,1H3/b15-12+,22-11?. The van der Waals surface area contributed by atoms with Crippen molar-refractivity contribution in [2.75, 3.05) is 10.0 Å². The second-order valence-electron chi connectivity index (χ2n) is 6.88. The number of aromatic nitrogens is 1. The van der Waals surface area contributed by atoms with E-state index in [1.54, 1.807) is 22.9 Å². The largest absolute Gasteiger partial charge is 0.360 e. The van der Waals surface area contributed by atoms with Crippen molar-refractivity contribution in [1.29, 1.82) is 5.41 Å². The average molecular weight is 418 g/mol. The van der Waals surface area contributed by atoms with Crippen LogP contribution in [0.4, 0.5) is 15.8 Å². The molecule has 0 unspecified atom stereocenters. The van der Waals surface area contributed by atoms with Crippen LogP contribution in [0.3, 0.4) is 0 Å². The van der Waals surface area contributed by atoms with Gasteiger partial charge in [0.05, 0.1) is 16.6 Å². The minimum atomic E-state index is -3.55. The van der Waals surface area contributed by atoms with Gasteiger partial charge in [-0.25, -0.2) is 12.8 Å². The molecule has 0 amide bonds. The van der Waals surface area contributed by atoms with Crippen LogP contribution in [0.2, 0.25) is 0 Å². The van der Waals surface area contributed by atoms with Gasteiger partial charge in [-0.1, -0.05) is 13.0 Å². The topological polar surface area (TPSA) is 104 Å². The van der Waals surface area contributed by atoms with E-state index < -0.39 is 21.1 Å². The van der Waals surface area contributed by atoms with Crippen molar-refractivity contribution in [2.24, 2.45) is 0 Å². The highest BCUT2D eigenvalue weighted by molar-refractivity contribution is 7.93. The van der Waals surface area contributed by atoms with Gasteiger partial charge in [0, 0.05) is 36.8 Å². The van der Waals surface area contributed by atoms with Gasteiger partial charge in [-0.15, -0.1) is 0 Å². The highest BCUT2D eigenvalue weighted by atomic mass is 32.2. The van der Waals surface area contributed by atoms with E-state index in [-0.39, 0.29) is 11.2 Å². The van der Waals surface area contributed by atoms with Crippen LogP contribution in [0, 0.1) is 11.2 Å². The van der Waals surface area contributed by atoms with E-state index in [4.69, 9.17) is 5.41 Å². The van der Waals surface area contributed by atoms with Crippen LogP contribution < -0.4 is 15.6 Å². The smallest absolute Gasteiger partial charge is 0.250 e. The first-order valence-electron chi connectivity index (χ1n) is 9.33. The van der Waals surface area contributed by atoms with Gasteiger partial charge in [0.2, 0.25) is 10.0 Å². The number of halogens is 1. The Balaban J connectivity index is 1.79. The summed E-state index contributed by atoms with van der Waals surface area (Å²) in [5.74, 6) is -0.712. The lowest BCUT2D eigenvalue weighted by molar-refractivity contribution is 0.597. The molecule has 1 heterocycles. The zero-order chi connectivity index (χ0) is 21.0. The Morgan fingerprint density at radius 2 is 2.07 bits per heavy atom. The maximum Gasteiger partial charge on any atom is 0.250 e. The molecule has 9 heteroatoms. The molecule has 3 N–H and O–H groups in total. The molecule has 1 aliphatic rings. The molecule has 0 atom stereocenters. The quantitative estimate of drug-likeness (QED) is 0.543. The molecule has 7 nitrogen and oxygen atoms in total. The number of sulfonamides is 1. The van der Waals surface area contributed by atoms with Crippen molar-refractivity contribution < 1.29 is 12.8 Å². The maximum absolute atomic E-state index is 14.4. The highest BCUT2D eigenvalue weighted by Crippen LogP contribution is 2.31. The number of nitrogens with one attached hydrogen (secondary N) is 3. The zero-order valence-electron chi connectivity index (χ0n) is 16.0. The molecule has 1 aromatic heterocycles. The average Bonchev–Trinajstić information content (AvgIpc) is 3.53. The fourth-order valence-corrected chi connectivity index (χ4v) is 4.19. The zero-order valence-corrected chi connectivity index (χ0v) is 16.8. The van der Waals surface area contributed by atoms with Crippen molar-refractivity contribution in [1.82, 2.24) is 4.57 Å². The van der Waals surface area contributed by atoms with Gasteiger partial charge < -0.3 is 15.3 Å². The van der Waals surface area contributed by atoms with E-state index in [0.717, 1.165) is 12.6 Å². The molecular formula is C20H23FN4O3S. The molecule has 154 valence electrons. The molecule has 1 aliphatic carbocycles. The Hall–Kier alpha value is -2.94. The normalized spacial score (nSPS) is 14.5. The van der Waals surface area contributed by atoms with Crippen LogP contribution in [0.25, 0.3) is 5.57 Å². The minimum absolute atomic E-state index is 0.0973. The molecule has 0 spiro atoms. The Bertz CT molecular complexity index is 1100. The number of nitrogens with zero attached hydrogens (tertiary/aromatic N) is 1. The molecule has 0 aliphatic heterocycles. The number of hydrogen-bond acceptors (Lipinski definition) is 5. The van der Waals surface area contributed by atoms with Crippen LogP contribution in [0.5, 0.6) is 0 Å². The Morgan fingerprint density at radius 3 is 2.69 bits per heavy atom. The molecule has 1 aromatic carbocycles. The second kappa shape index (κ2) is 8.60. The molecule has 2 aromatic rings. The van der Waals surface area contributed by atoms with Crippen molar-refractivity contribution in [3.8, 4) is 0 Å². The maximum atomic E-state index is 14.4. The molecule has 1 saturated carbocycles. The first-order valence-corrected chi connectivity index (χ1v) is 10.9. The van der Waals surface area contributed by atoms with E-state index in [1.165, 1.54) is 24.4 Å². The van der Waals surface area contributed by atoms with E-state index in [2.05, 4.69) is 10.0 Å². The fourth-order valence-electron chi connectivity index (χ4n) is 2.79. The number of rotatable bonds is 9. The monoisotopic (exact) mass is 418 g/mol. The first-order chi connectivity index (χ1) is 13.8. The van der Waals surface area contributed by atoms with Gasteiger partial charge in [-0.3, -0.25) is 9.52 Å². The third kappa shape index (κ3) is 5.11. The summed E-state index contributed by atoms with van der Waals surface area (Å²) in [6, 6.07) is 7.16. The molecular weight excluding hydrogens is 395 g/mol. The van der Waals surface area contributed by atoms with Gasteiger partial charge >= 0.3 is 0 Å². The highest BCUT2D eigenvalue weighted by Gasteiger charge is 2.36. The molecule has 1 fully saturated rings. The number of pyridine rings is 1. The summed E-state index contributed by atoms with van der Waals surface area (Å²) in [5.41, 5.74) is 1.27. The minimum Gasteiger partial charge on any atom is -0.360 e. The lowest BCUT2D eigenvalue weighted by atomic mass is 10.1. The van der Waals surface area contributed by atoms with E-state index in [1.807, 2.05) is 6.92 Å². The first kappa shape index (κ1) is 20.8. The Morgan fingerprint density at radius 1 is 1.31 bits per heavy atom. The van der Waals surface area contributed by atoms with Crippen LogP contribution in [-0.4, -0.2) is 24.4 Å². The predicted octanol–water partition coefficient (Wildman–Crippen LogP) is 3.40. The number of aryl methyl sites for hydroxylation is 1. The summed E-state index contributed by atoms with van der Waals surface area (Å²) < 4.78 is 42.3. The summed E-state index contributed by atoms with van der Waals surface area (Å²) in [6.07, 6.45) is 6.28. The van der Waals surface area contributed by atoms with E-state index >= 15 is 0 Å². The van der Waals surface area contributed by atoms with Crippen molar-refractivity contribution >= 4 is 33.2 Å². The summed E-state index contributed by atoms with van der Waals surface area (Å²) in [4.78, 5) is 11.8. The second-order valence-corrected chi connectivity index (χ2v) is 8.84. The lowest BCUT2D eigenvalue weighted by Crippen LogP contribution is -2.18. The van der Waals surface area contributed by atoms with E-state index in [0.29, 0.717) is 36.2 Å². The van der Waals surface area contributed by atoms with Crippen molar-refractivity contribution in [3.05, 3.63) is 64.5 Å². The third-order valence-corrected chi connectivity index (χ3v) is 6.37. The van der Waals surface area contributed by atoms with Crippen LogP contribution in [-0.2, 0) is 16.6 Å². The molecule has 0 saturated heterocycles. The molecule has 0 bridgehead atoms. The SMILES string of the molecule is CCCn1cc(N/C=C(\C=N)c2ccc(NS(=O)(=O)C3CC3)c(F)c2)ccc1=O. The van der Waals surface area contributed by atoms with E-state index in [9.17, 15) is 17.6 Å². The van der Waals surface area contributed by atoms with Gasteiger partial charge in [0.1, 0.15) is 5.82 Å². The lowest BCUT2D eigenvalue weighted by Gasteiger charge is -2.11. The number of anilines is 2. The van der Waals surface area contributed by atoms with Gasteiger partial charge in [-0.2, -0.15) is 0 Å². The number of benzene rings is 1. The summed E-state index contributed by atoms with van der Waals surface area (Å²) in [7, 11) is -3.55. The number of hydrogen-bond donors (Lipinski definition) is 3. The number of allylic oxidation sites excluding steroid dienone is 1. The van der Waals surface area contributed by atoms with Crippen LogP contribution >= 0.6 is 0 Å². The van der Waals surface area contributed by atoms with Gasteiger partial charge in [0.15, 0.2) is 0 Å². The molecule has 29 heavy (non-hydrogen) atoms. The summed E-state index contributed by atoms with van der Waals surface area (Å²) >= 11 is 0.